The van der Waals surface area contributed by atoms with Gasteiger partial charge in [0.1, 0.15) is 5.58 Å². The van der Waals surface area contributed by atoms with E-state index in [9.17, 15) is 14.9 Å². The van der Waals surface area contributed by atoms with Gasteiger partial charge in [0.2, 0.25) is 11.6 Å². The first-order valence-electron chi connectivity index (χ1n) is 11.0. The lowest BCUT2D eigenvalue weighted by Gasteiger charge is -2.13. The maximum Gasteiger partial charge on any atom is 0.312 e. The third-order valence-corrected chi connectivity index (χ3v) is 5.78. The molecule has 3 aromatic carbocycles. The molecule has 0 aliphatic rings. The number of nitrogens with zero attached hydrogens (tertiary/aromatic N) is 4. The van der Waals surface area contributed by atoms with Crippen molar-refractivity contribution in [2.45, 2.75) is 20.0 Å². The first-order chi connectivity index (χ1) is 17.3. The van der Waals surface area contributed by atoms with Crippen molar-refractivity contribution in [3.8, 4) is 17.3 Å². The molecule has 0 aliphatic carbocycles. The van der Waals surface area contributed by atoms with Crippen molar-refractivity contribution >= 4 is 49.7 Å². The SMILES string of the molecule is CC(C)Oc1c(C=Nn2c(-c3cc4ccccc4o3)nc3ccccc3c2=O)cc(Br)cc1[N+](=O)[O-]. The van der Waals surface area contributed by atoms with Crippen molar-refractivity contribution in [1.29, 1.82) is 0 Å². The van der Waals surface area contributed by atoms with E-state index < -0.39 is 10.5 Å². The van der Waals surface area contributed by atoms with E-state index in [1.807, 2.05) is 24.3 Å². The van der Waals surface area contributed by atoms with E-state index in [4.69, 9.17) is 9.15 Å². The second-order valence-electron chi connectivity index (χ2n) is 8.23. The lowest BCUT2D eigenvalue weighted by atomic mass is 10.2. The minimum Gasteiger partial charge on any atom is -0.484 e. The largest absolute Gasteiger partial charge is 0.484 e. The van der Waals surface area contributed by atoms with Gasteiger partial charge in [0.15, 0.2) is 5.76 Å². The van der Waals surface area contributed by atoms with Crippen LogP contribution >= 0.6 is 15.9 Å². The molecule has 0 aliphatic heterocycles. The third kappa shape index (κ3) is 4.38. The van der Waals surface area contributed by atoms with E-state index >= 15 is 0 Å². The average molecular weight is 547 g/mol. The normalized spacial score (nSPS) is 11.7. The highest BCUT2D eigenvalue weighted by Gasteiger charge is 2.22. The fraction of sp³-hybridized carbons (Fsp3) is 0.115. The Balaban J connectivity index is 1.74. The van der Waals surface area contributed by atoms with Gasteiger partial charge in [-0.2, -0.15) is 9.78 Å². The minimum absolute atomic E-state index is 0.0500. The summed E-state index contributed by atoms with van der Waals surface area (Å²) in [5.74, 6) is 0.603. The third-order valence-electron chi connectivity index (χ3n) is 5.33. The van der Waals surface area contributed by atoms with E-state index in [0.29, 0.717) is 32.3 Å². The first kappa shape index (κ1) is 23.4. The highest BCUT2D eigenvalue weighted by atomic mass is 79.9. The van der Waals surface area contributed by atoms with Gasteiger partial charge in [-0.1, -0.05) is 46.3 Å². The smallest absolute Gasteiger partial charge is 0.312 e. The van der Waals surface area contributed by atoms with Gasteiger partial charge in [0.05, 0.1) is 28.1 Å². The molecule has 5 aromatic rings. The molecule has 0 atom stereocenters. The second-order valence-corrected chi connectivity index (χ2v) is 9.15. The quantitative estimate of drug-likeness (QED) is 0.143. The maximum absolute atomic E-state index is 13.5. The van der Waals surface area contributed by atoms with Gasteiger partial charge in [-0.3, -0.25) is 14.9 Å². The molecule has 2 aromatic heterocycles. The van der Waals surface area contributed by atoms with E-state index in [2.05, 4.69) is 26.0 Å². The fourth-order valence-electron chi connectivity index (χ4n) is 3.80. The highest BCUT2D eigenvalue weighted by molar-refractivity contribution is 9.10. The van der Waals surface area contributed by atoms with E-state index in [1.165, 1.54) is 12.3 Å². The van der Waals surface area contributed by atoms with Crippen LogP contribution in [0.1, 0.15) is 19.4 Å². The zero-order valence-electron chi connectivity index (χ0n) is 19.2. The molecule has 0 radical (unpaired) electrons. The van der Waals surface area contributed by atoms with Crippen LogP contribution < -0.4 is 10.3 Å². The standard InChI is InChI=1S/C26H19BrN4O5/c1-15(2)35-24-17(11-18(27)13-21(24)31(33)34)14-28-30-25(23-12-16-7-3-6-10-22(16)36-23)29-20-9-5-4-8-19(20)26(30)32/h3-15H,1-2H3. The van der Waals surface area contributed by atoms with Crippen LogP contribution in [0, 0.1) is 10.1 Å². The molecule has 180 valence electrons. The van der Waals surface area contributed by atoms with Crippen LogP contribution in [-0.4, -0.2) is 26.9 Å². The van der Waals surface area contributed by atoms with Gasteiger partial charge in [-0.05, 0) is 44.2 Å². The molecule has 0 N–H and O–H groups in total. The number of nitro benzene ring substituents is 1. The van der Waals surface area contributed by atoms with Gasteiger partial charge in [0.25, 0.3) is 5.56 Å². The Hall–Kier alpha value is -4.31. The average Bonchev–Trinajstić information content (AvgIpc) is 3.28. The van der Waals surface area contributed by atoms with Crippen LogP contribution in [0.25, 0.3) is 33.5 Å². The van der Waals surface area contributed by atoms with Crippen molar-refractivity contribution in [3.05, 3.63) is 97.2 Å². The number of halogens is 1. The molecule has 0 saturated heterocycles. The fourth-order valence-corrected chi connectivity index (χ4v) is 4.26. The van der Waals surface area contributed by atoms with Crippen LogP contribution in [-0.2, 0) is 0 Å². The van der Waals surface area contributed by atoms with Crippen LogP contribution in [0.5, 0.6) is 5.75 Å². The Morgan fingerprint density at radius 3 is 2.64 bits per heavy atom. The number of nitro groups is 1. The number of benzene rings is 3. The number of para-hydroxylation sites is 2. The van der Waals surface area contributed by atoms with Gasteiger partial charge >= 0.3 is 5.69 Å². The van der Waals surface area contributed by atoms with Crippen molar-refractivity contribution < 1.29 is 14.1 Å². The molecule has 36 heavy (non-hydrogen) atoms. The molecule has 5 rings (SSSR count). The van der Waals surface area contributed by atoms with E-state index in [-0.39, 0.29) is 23.4 Å². The summed E-state index contributed by atoms with van der Waals surface area (Å²) >= 11 is 3.31. The van der Waals surface area contributed by atoms with Crippen molar-refractivity contribution in [2.75, 3.05) is 0 Å². The van der Waals surface area contributed by atoms with Gasteiger partial charge < -0.3 is 9.15 Å². The predicted octanol–water partition coefficient (Wildman–Crippen LogP) is 6.15. The summed E-state index contributed by atoms with van der Waals surface area (Å²) in [6.07, 6.45) is 1.02. The summed E-state index contributed by atoms with van der Waals surface area (Å²) < 4.78 is 13.3. The zero-order valence-corrected chi connectivity index (χ0v) is 20.8. The molecule has 0 amide bonds. The molecular weight excluding hydrogens is 528 g/mol. The summed E-state index contributed by atoms with van der Waals surface area (Å²) in [6, 6.07) is 19.2. The van der Waals surface area contributed by atoms with Gasteiger partial charge in [0, 0.05) is 21.5 Å². The summed E-state index contributed by atoms with van der Waals surface area (Å²) in [4.78, 5) is 29.3. The predicted molar refractivity (Wildman–Crippen MR) is 141 cm³/mol. The van der Waals surface area contributed by atoms with Gasteiger partial charge in [-0.25, -0.2) is 4.98 Å². The van der Waals surface area contributed by atoms with Crippen LogP contribution in [0.3, 0.4) is 0 Å². The zero-order chi connectivity index (χ0) is 25.4. The Morgan fingerprint density at radius 1 is 1.14 bits per heavy atom. The Morgan fingerprint density at radius 2 is 1.89 bits per heavy atom. The monoisotopic (exact) mass is 546 g/mol. The Bertz CT molecular complexity index is 1690. The molecule has 2 heterocycles. The summed E-state index contributed by atoms with van der Waals surface area (Å²) in [5.41, 5.74) is 0.816. The Kier molecular flexibility index (Phi) is 6.11. The number of hydrogen-bond acceptors (Lipinski definition) is 7. The number of aromatic nitrogens is 2. The number of hydrogen-bond donors (Lipinski definition) is 0. The van der Waals surface area contributed by atoms with Gasteiger partial charge in [-0.15, -0.1) is 0 Å². The minimum atomic E-state index is -0.524. The van der Waals surface area contributed by atoms with Crippen LogP contribution in [0.4, 0.5) is 5.69 Å². The second kappa shape index (κ2) is 9.38. The first-order valence-corrected chi connectivity index (χ1v) is 11.8. The highest BCUT2D eigenvalue weighted by Crippen LogP contribution is 2.35. The summed E-state index contributed by atoms with van der Waals surface area (Å²) in [5, 5.41) is 17.3. The Labute approximate surface area is 212 Å². The maximum atomic E-state index is 13.5. The van der Waals surface area contributed by atoms with Crippen molar-refractivity contribution in [3.63, 3.8) is 0 Å². The van der Waals surface area contributed by atoms with E-state index in [1.54, 1.807) is 50.2 Å². The topological polar surface area (TPSA) is 113 Å². The molecule has 0 fully saturated rings. The lowest BCUT2D eigenvalue weighted by Crippen LogP contribution is -2.20. The molecular formula is C26H19BrN4O5. The lowest BCUT2D eigenvalue weighted by molar-refractivity contribution is -0.386. The van der Waals surface area contributed by atoms with Crippen LogP contribution in [0.2, 0.25) is 0 Å². The molecule has 0 bridgehead atoms. The number of fused-ring (bicyclic) bond motifs is 2. The molecule has 0 unspecified atom stereocenters. The number of furan rings is 1. The summed E-state index contributed by atoms with van der Waals surface area (Å²) in [7, 11) is 0. The molecule has 9 nitrogen and oxygen atoms in total. The number of ether oxygens (including phenoxy) is 1. The molecule has 0 saturated carbocycles. The van der Waals surface area contributed by atoms with Crippen molar-refractivity contribution in [1.82, 2.24) is 9.66 Å². The molecule has 0 spiro atoms. The number of rotatable bonds is 6. The summed E-state index contributed by atoms with van der Waals surface area (Å²) in [6.45, 7) is 3.54. The molecule has 10 heteroatoms. The van der Waals surface area contributed by atoms with Crippen LogP contribution in [0.15, 0.2) is 85.5 Å². The van der Waals surface area contributed by atoms with Crippen molar-refractivity contribution in [2.24, 2.45) is 5.10 Å². The van der Waals surface area contributed by atoms with E-state index in [0.717, 1.165) is 10.1 Å².